The van der Waals surface area contributed by atoms with E-state index < -0.39 is 0 Å². The van der Waals surface area contributed by atoms with Gasteiger partial charge in [0.25, 0.3) is 0 Å². The van der Waals surface area contributed by atoms with E-state index >= 15 is 0 Å². The first-order chi connectivity index (χ1) is 12.2. The lowest BCUT2D eigenvalue weighted by Gasteiger charge is -2.41. The molecule has 2 fully saturated rings. The van der Waals surface area contributed by atoms with Crippen LogP contribution in [-0.4, -0.2) is 69.4 Å². The van der Waals surface area contributed by atoms with E-state index in [4.69, 9.17) is 19.2 Å². The minimum atomic E-state index is 0.0499. The van der Waals surface area contributed by atoms with Crippen LogP contribution in [0.5, 0.6) is 11.5 Å². The smallest absolute Gasteiger partial charge is 0.229 e. The molecule has 0 aliphatic carbocycles. The molecule has 2 aromatic rings. The second kappa shape index (κ2) is 6.68. The molecular formula is C17H21N3O4S. The average Bonchev–Trinajstić information content (AvgIpc) is 3.05. The summed E-state index contributed by atoms with van der Waals surface area (Å²) in [5, 5.41) is 0.906. The van der Waals surface area contributed by atoms with Crippen molar-refractivity contribution in [1.29, 1.82) is 0 Å². The van der Waals surface area contributed by atoms with Gasteiger partial charge in [-0.2, -0.15) is 0 Å². The van der Waals surface area contributed by atoms with Crippen molar-refractivity contribution < 1.29 is 19.0 Å². The number of morpholine rings is 1. The lowest BCUT2D eigenvalue weighted by atomic mass is 9.99. The van der Waals surface area contributed by atoms with Gasteiger partial charge in [0.1, 0.15) is 21.7 Å². The molecule has 7 nitrogen and oxygen atoms in total. The third-order valence-electron chi connectivity index (χ3n) is 4.72. The number of benzene rings is 1. The second-order valence-corrected chi connectivity index (χ2v) is 7.16. The predicted octanol–water partition coefficient (Wildman–Crippen LogP) is 1.61. The highest BCUT2D eigenvalue weighted by Gasteiger charge is 2.37. The zero-order chi connectivity index (χ0) is 17.4. The van der Waals surface area contributed by atoms with E-state index in [2.05, 4.69) is 4.90 Å². The number of carbonyl (C=O) groups excluding carboxylic acids is 1. The molecule has 1 aromatic carbocycles. The second-order valence-electron chi connectivity index (χ2n) is 6.18. The highest BCUT2D eigenvalue weighted by atomic mass is 32.1. The topological polar surface area (TPSA) is 64.1 Å². The number of anilines is 1. The summed E-state index contributed by atoms with van der Waals surface area (Å²) in [6.07, 6.45) is 0. The summed E-state index contributed by atoms with van der Waals surface area (Å²) in [6.45, 7) is 4.09. The zero-order valence-electron chi connectivity index (χ0n) is 14.4. The summed E-state index contributed by atoms with van der Waals surface area (Å²) in [7, 11) is 3.29. The van der Waals surface area contributed by atoms with Gasteiger partial charge in [0, 0.05) is 26.2 Å². The van der Waals surface area contributed by atoms with E-state index in [1.807, 2.05) is 17.0 Å². The van der Waals surface area contributed by atoms with Gasteiger partial charge in [-0.15, -0.1) is 0 Å². The fourth-order valence-corrected chi connectivity index (χ4v) is 4.34. The lowest BCUT2D eigenvalue weighted by Crippen LogP contribution is -2.56. The SMILES string of the molecule is COc1ccc(OC)c2sc(N3CC(C(=O)N4CCOCC4)C3)nc12. The molecule has 0 unspecified atom stereocenters. The number of hydrogen-bond donors (Lipinski definition) is 0. The predicted molar refractivity (Wildman–Crippen MR) is 95.8 cm³/mol. The number of aromatic nitrogens is 1. The molecule has 0 N–H and O–H groups in total. The molecule has 134 valence electrons. The van der Waals surface area contributed by atoms with Crippen molar-refractivity contribution in [2.45, 2.75) is 0 Å². The number of carbonyl (C=O) groups is 1. The maximum atomic E-state index is 12.5. The highest BCUT2D eigenvalue weighted by molar-refractivity contribution is 7.22. The first-order valence-corrected chi connectivity index (χ1v) is 9.16. The van der Waals surface area contributed by atoms with Crippen molar-refractivity contribution in [3.05, 3.63) is 12.1 Å². The zero-order valence-corrected chi connectivity index (χ0v) is 15.2. The van der Waals surface area contributed by atoms with E-state index in [-0.39, 0.29) is 11.8 Å². The van der Waals surface area contributed by atoms with Gasteiger partial charge in [0.05, 0.1) is 33.4 Å². The van der Waals surface area contributed by atoms with Crippen LogP contribution >= 0.6 is 11.3 Å². The van der Waals surface area contributed by atoms with Crippen molar-refractivity contribution in [3.63, 3.8) is 0 Å². The summed E-state index contributed by atoms with van der Waals surface area (Å²) < 4.78 is 17.1. The third-order valence-corrected chi connectivity index (χ3v) is 5.85. The highest BCUT2D eigenvalue weighted by Crippen LogP contribution is 2.41. The molecule has 0 bridgehead atoms. The van der Waals surface area contributed by atoms with Gasteiger partial charge >= 0.3 is 0 Å². The fourth-order valence-electron chi connectivity index (χ4n) is 3.24. The molecule has 0 spiro atoms. The van der Waals surface area contributed by atoms with Gasteiger partial charge in [0.2, 0.25) is 5.91 Å². The summed E-state index contributed by atoms with van der Waals surface area (Å²) in [5.74, 6) is 1.81. The van der Waals surface area contributed by atoms with Gasteiger partial charge in [-0.3, -0.25) is 4.79 Å². The first-order valence-electron chi connectivity index (χ1n) is 8.34. The van der Waals surface area contributed by atoms with Crippen molar-refractivity contribution in [2.75, 3.05) is 58.5 Å². The monoisotopic (exact) mass is 363 g/mol. The van der Waals surface area contributed by atoms with Crippen LogP contribution < -0.4 is 14.4 Å². The Labute approximate surface area is 150 Å². The van der Waals surface area contributed by atoms with Gasteiger partial charge in [-0.05, 0) is 12.1 Å². The summed E-state index contributed by atoms with van der Waals surface area (Å²) >= 11 is 1.58. The average molecular weight is 363 g/mol. The van der Waals surface area contributed by atoms with Gasteiger partial charge in [0.15, 0.2) is 5.13 Å². The molecule has 3 heterocycles. The normalized spacial score (nSPS) is 18.3. The van der Waals surface area contributed by atoms with E-state index in [1.165, 1.54) is 0 Å². The van der Waals surface area contributed by atoms with Gasteiger partial charge in [-0.1, -0.05) is 11.3 Å². The van der Waals surface area contributed by atoms with Gasteiger partial charge < -0.3 is 24.0 Å². The van der Waals surface area contributed by atoms with Crippen molar-refractivity contribution >= 4 is 32.6 Å². The van der Waals surface area contributed by atoms with Crippen LogP contribution in [0, 0.1) is 5.92 Å². The van der Waals surface area contributed by atoms with Gasteiger partial charge in [-0.25, -0.2) is 4.98 Å². The number of nitrogens with zero attached hydrogens (tertiary/aromatic N) is 3. The molecule has 2 saturated heterocycles. The van der Waals surface area contributed by atoms with E-state index in [0.717, 1.165) is 26.8 Å². The molecule has 25 heavy (non-hydrogen) atoms. The minimum absolute atomic E-state index is 0.0499. The van der Waals surface area contributed by atoms with Crippen LogP contribution in [0.25, 0.3) is 10.2 Å². The van der Waals surface area contributed by atoms with Crippen LogP contribution in [-0.2, 0) is 9.53 Å². The number of ether oxygens (including phenoxy) is 3. The Morgan fingerprint density at radius 3 is 2.56 bits per heavy atom. The minimum Gasteiger partial charge on any atom is -0.495 e. The van der Waals surface area contributed by atoms with Crippen LogP contribution in [0.1, 0.15) is 0 Å². The molecule has 2 aliphatic heterocycles. The van der Waals surface area contributed by atoms with Crippen LogP contribution in [0.15, 0.2) is 12.1 Å². The molecular weight excluding hydrogens is 342 g/mol. The standard InChI is InChI=1S/C17H21N3O4S/c1-22-12-3-4-13(23-2)15-14(12)18-17(25-15)20-9-11(10-20)16(21)19-5-7-24-8-6-19/h3-4,11H,5-10H2,1-2H3. The van der Waals surface area contributed by atoms with Crippen molar-refractivity contribution in [3.8, 4) is 11.5 Å². The van der Waals surface area contributed by atoms with Crippen molar-refractivity contribution in [1.82, 2.24) is 9.88 Å². The van der Waals surface area contributed by atoms with Crippen LogP contribution in [0.4, 0.5) is 5.13 Å². The Bertz CT molecular complexity index is 741. The lowest BCUT2D eigenvalue weighted by molar-refractivity contribution is -0.140. The van der Waals surface area contributed by atoms with E-state index in [0.29, 0.717) is 39.4 Å². The largest absolute Gasteiger partial charge is 0.495 e. The van der Waals surface area contributed by atoms with E-state index in [9.17, 15) is 4.79 Å². The number of hydrogen-bond acceptors (Lipinski definition) is 7. The Morgan fingerprint density at radius 1 is 1.20 bits per heavy atom. The third kappa shape index (κ3) is 2.89. The summed E-state index contributed by atoms with van der Waals surface area (Å²) in [4.78, 5) is 21.3. The number of methoxy groups -OCH3 is 2. The Balaban J connectivity index is 1.49. The first kappa shape index (κ1) is 16.4. The maximum absolute atomic E-state index is 12.5. The quantitative estimate of drug-likeness (QED) is 0.822. The molecule has 0 atom stereocenters. The maximum Gasteiger partial charge on any atom is 0.229 e. The van der Waals surface area contributed by atoms with Crippen LogP contribution in [0.3, 0.4) is 0 Å². The number of amides is 1. The Morgan fingerprint density at radius 2 is 1.88 bits per heavy atom. The molecule has 4 rings (SSSR count). The fraction of sp³-hybridized carbons (Fsp3) is 0.529. The Kier molecular flexibility index (Phi) is 4.39. The number of rotatable bonds is 4. The van der Waals surface area contributed by atoms with Crippen molar-refractivity contribution in [2.24, 2.45) is 5.92 Å². The molecule has 1 aromatic heterocycles. The molecule has 1 amide bonds. The summed E-state index contributed by atoms with van der Waals surface area (Å²) in [6, 6.07) is 3.76. The molecule has 8 heteroatoms. The molecule has 0 radical (unpaired) electrons. The summed E-state index contributed by atoms with van der Waals surface area (Å²) in [5.41, 5.74) is 0.810. The van der Waals surface area contributed by atoms with Crippen LogP contribution in [0.2, 0.25) is 0 Å². The number of fused-ring (bicyclic) bond motifs is 1. The Hall–Kier alpha value is -2.06. The molecule has 0 saturated carbocycles. The molecule has 2 aliphatic rings. The number of thiazole rings is 1. The van der Waals surface area contributed by atoms with E-state index in [1.54, 1.807) is 25.6 Å².